The second-order valence-corrected chi connectivity index (χ2v) is 7.77. The van der Waals surface area contributed by atoms with Crippen LogP contribution in [0.1, 0.15) is 18.4 Å². The van der Waals surface area contributed by atoms with E-state index >= 15 is 0 Å². The van der Waals surface area contributed by atoms with Crippen molar-refractivity contribution in [3.8, 4) is 0 Å². The normalized spacial score (nSPS) is 19.4. The van der Waals surface area contributed by atoms with Gasteiger partial charge in [-0.25, -0.2) is 10.1 Å². The standard InChI is InChI=1S/C21H28N6O3/c1-16-18(13-23-24-21(16)29)27-8-4-5-17(27)14-30-15-20(28)26-11-9-25(10-12-26)19-6-2-3-7-22-19/h2-3,6-7,13,17H,4-5,8-12,14-15H2,1H3,(H,24,29)/t17-/m0/s1. The van der Waals surface area contributed by atoms with E-state index in [4.69, 9.17) is 4.74 Å². The first-order valence-electron chi connectivity index (χ1n) is 10.5. The second-order valence-electron chi connectivity index (χ2n) is 7.77. The van der Waals surface area contributed by atoms with E-state index in [1.165, 1.54) is 0 Å². The maximum atomic E-state index is 12.6. The van der Waals surface area contributed by atoms with Crippen molar-refractivity contribution < 1.29 is 9.53 Å². The maximum absolute atomic E-state index is 12.6. The van der Waals surface area contributed by atoms with E-state index < -0.39 is 0 Å². The van der Waals surface area contributed by atoms with Gasteiger partial charge in [0.05, 0.1) is 24.5 Å². The molecule has 2 aliphatic heterocycles. The van der Waals surface area contributed by atoms with E-state index in [9.17, 15) is 9.59 Å². The third-order valence-corrected chi connectivity index (χ3v) is 5.91. The lowest BCUT2D eigenvalue weighted by Gasteiger charge is -2.35. The lowest BCUT2D eigenvalue weighted by molar-refractivity contribution is -0.136. The number of hydrogen-bond donors (Lipinski definition) is 1. The van der Waals surface area contributed by atoms with Gasteiger partial charge >= 0.3 is 0 Å². The van der Waals surface area contributed by atoms with Crippen LogP contribution in [0.15, 0.2) is 35.4 Å². The highest BCUT2D eigenvalue weighted by Gasteiger charge is 2.28. The van der Waals surface area contributed by atoms with Crippen molar-refractivity contribution in [1.82, 2.24) is 20.1 Å². The van der Waals surface area contributed by atoms with E-state index in [-0.39, 0.29) is 24.1 Å². The highest BCUT2D eigenvalue weighted by atomic mass is 16.5. The Kier molecular flexibility index (Phi) is 6.27. The van der Waals surface area contributed by atoms with E-state index in [1.807, 2.05) is 23.1 Å². The summed E-state index contributed by atoms with van der Waals surface area (Å²) in [6.45, 7) is 6.11. The average molecular weight is 412 g/mol. The Hall–Kier alpha value is -2.94. The van der Waals surface area contributed by atoms with Gasteiger partial charge in [-0.2, -0.15) is 5.10 Å². The summed E-state index contributed by atoms with van der Waals surface area (Å²) in [6, 6.07) is 6.02. The van der Waals surface area contributed by atoms with Crippen LogP contribution in [0.25, 0.3) is 0 Å². The summed E-state index contributed by atoms with van der Waals surface area (Å²) in [4.78, 5) is 35.0. The van der Waals surface area contributed by atoms with Gasteiger partial charge in [0.25, 0.3) is 5.56 Å². The zero-order valence-corrected chi connectivity index (χ0v) is 17.3. The molecule has 1 atom stereocenters. The van der Waals surface area contributed by atoms with Gasteiger partial charge in [0, 0.05) is 44.5 Å². The zero-order chi connectivity index (χ0) is 20.9. The minimum absolute atomic E-state index is 0.0224. The Bertz CT molecular complexity index is 910. The molecule has 0 unspecified atom stereocenters. The van der Waals surface area contributed by atoms with Crippen LogP contribution in [0.5, 0.6) is 0 Å². The van der Waals surface area contributed by atoms with E-state index in [0.717, 1.165) is 44.0 Å². The second kappa shape index (κ2) is 9.25. The molecule has 4 heterocycles. The first-order chi connectivity index (χ1) is 14.6. The molecule has 160 valence electrons. The molecule has 0 bridgehead atoms. The molecule has 2 fully saturated rings. The summed E-state index contributed by atoms with van der Waals surface area (Å²) in [5.74, 6) is 0.973. The number of ether oxygens (including phenoxy) is 1. The molecule has 0 saturated carbocycles. The third kappa shape index (κ3) is 4.46. The van der Waals surface area contributed by atoms with Crippen molar-refractivity contribution in [2.75, 3.05) is 55.7 Å². The first-order valence-corrected chi connectivity index (χ1v) is 10.5. The number of anilines is 2. The third-order valence-electron chi connectivity index (χ3n) is 5.91. The largest absolute Gasteiger partial charge is 0.369 e. The molecule has 9 heteroatoms. The highest BCUT2D eigenvalue weighted by Crippen LogP contribution is 2.26. The van der Waals surface area contributed by atoms with Gasteiger partial charge in [0.1, 0.15) is 12.4 Å². The SMILES string of the molecule is Cc1c(N2CCC[C@H]2COCC(=O)N2CCN(c3ccccn3)CC2)cn[nH]c1=O. The summed E-state index contributed by atoms with van der Waals surface area (Å²) in [6.07, 6.45) is 5.49. The predicted octanol–water partition coefficient (Wildman–Crippen LogP) is 0.808. The van der Waals surface area contributed by atoms with Crippen molar-refractivity contribution in [1.29, 1.82) is 0 Å². The maximum Gasteiger partial charge on any atom is 0.269 e. The van der Waals surface area contributed by atoms with Crippen LogP contribution in [-0.4, -0.2) is 78.0 Å². The number of aromatic amines is 1. The number of rotatable bonds is 6. The van der Waals surface area contributed by atoms with Crippen LogP contribution >= 0.6 is 0 Å². The molecule has 1 N–H and O–H groups in total. The van der Waals surface area contributed by atoms with Gasteiger partial charge in [-0.15, -0.1) is 0 Å². The summed E-state index contributed by atoms with van der Waals surface area (Å²) in [7, 11) is 0. The van der Waals surface area contributed by atoms with E-state index in [1.54, 1.807) is 19.3 Å². The van der Waals surface area contributed by atoms with E-state index in [2.05, 4.69) is 25.0 Å². The number of pyridine rings is 1. The summed E-state index contributed by atoms with van der Waals surface area (Å²) >= 11 is 0. The Morgan fingerprint density at radius 3 is 2.83 bits per heavy atom. The number of aromatic nitrogens is 3. The number of amides is 1. The Balaban J connectivity index is 1.25. The van der Waals surface area contributed by atoms with Crippen molar-refractivity contribution in [3.63, 3.8) is 0 Å². The smallest absolute Gasteiger partial charge is 0.269 e. The Morgan fingerprint density at radius 2 is 2.07 bits per heavy atom. The zero-order valence-electron chi connectivity index (χ0n) is 17.3. The number of nitrogens with one attached hydrogen (secondary N) is 1. The molecular weight excluding hydrogens is 384 g/mol. The number of carbonyl (C=O) groups is 1. The van der Waals surface area contributed by atoms with Crippen LogP contribution in [0.3, 0.4) is 0 Å². The van der Waals surface area contributed by atoms with Crippen molar-refractivity contribution >= 4 is 17.4 Å². The number of hydrogen-bond acceptors (Lipinski definition) is 7. The number of nitrogens with zero attached hydrogens (tertiary/aromatic N) is 5. The van der Waals surface area contributed by atoms with Gasteiger partial charge in [-0.3, -0.25) is 9.59 Å². The molecule has 0 aliphatic carbocycles. The molecule has 9 nitrogen and oxygen atoms in total. The Labute approximate surface area is 175 Å². The summed E-state index contributed by atoms with van der Waals surface area (Å²) in [5, 5.41) is 6.40. The van der Waals surface area contributed by atoms with Gasteiger partial charge in [-0.05, 0) is 31.9 Å². The molecule has 30 heavy (non-hydrogen) atoms. The topological polar surface area (TPSA) is 94.7 Å². The molecular formula is C21H28N6O3. The monoisotopic (exact) mass is 412 g/mol. The fourth-order valence-electron chi connectivity index (χ4n) is 4.16. The van der Waals surface area contributed by atoms with Gasteiger partial charge in [0.15, 0.2) is 0 Å². The van der Waals surface area contributed by atoms with Gasteiger partial charge in [0.2, 0.25) is 5.91 Å². The number of piperazine rings is 1. The molecule has 2 aromatic heterocycles. The molecule has 1 amide bonds. The van der Waals surface area contributed by atoms with Gasteiger partial charge in [-0.1, -0.05) is 6.07 Å². The summed E-state index contributed by atoms with van der Waals surface area (Å²) in [5.41, 5.74) is 1.35. The quantitative estimate of drug-likeness (QED) is 0.750. The molecule has 0 spiro atoms. The molecule has 0 radical (unpaired) electrons. The molecule has 2 aliphatic rings. The lowest BCUT2D eigenvalue weighted by Crippen LogP contribution is -2.50. The van der Waals surface area contributed by atoms with Crippen LogP contribution < -0.4 is 15.4 Å². The van der Waals surface area contributed by atoms with Crippen LogP contribution in [-0.2, 0) is 9.53 Å². The van der Waals surface area contributed by atoms with Crippen LogP contribution in [0.2, 0.25) is 0 Å². The summed E-state index contributed by atoms with van der Waals surface area (Å²) < 4.78 is 5.80. The van der Waals surface area contributed by atoms with Crippen LogP contribution in [0, 0.1) is 6.92 Å². The lowest BCUT2D eigenvalue weighted by atomic mass is 10.2. The molecule has 2 aromatic rings. The predicted molar refractivity (Wildman–Crippen MR) is 114 cm³/mol. The molecule has 2 saturated heterocycles. The number of H-pyrrole nitrogens is 1. The molecule has 0 aromatic carbocycles. The highest BCUT2D eigenvalue weighted by molar-refractivity contribution is 5.77. The van der Waals surface area contributed by atoms with Crippen LogP contribution in [0.4, 0.5) is 11.5 Å². The van der Waals surface area contributed by atoms with E-state index in [0.29, 0.717) is 25.3 Å². The van der Waals surface area contributed by atoms with Gasteiger partial charge < -0.3 is 19.4 Å². The minimum atomic E-state index is -0.168. The average Bonchev–Trinajstić information content (AvgIpc) is 3.24. The fraction of sp³-hybridized carbons (Fsp3) is 0.524. The first kappa shape index (κ1) is 20.3. The fourth-order valence-corrected chi connectivity index (χ4v) is 4.16. The van der Waals surface area contributed by atoms with Crippen molar-refractivity contribution in [3.05, 3.63) is 46.5 Å². The number of carbonyl (C=O) groups excluding carboxylic acids is 1. The minimum Gasteiger partial charge on any atom is -0.369 e. The van der Waals surface area contributed by atoms with Crippen molar-refractivity contribution in [2.24, 2.45) is 0 Å². The molecule has 4 rings (SSSR count). The van der Waals surface area contributed by atoms with Crippen molar-refractivity contribution in [2.45, 2.75) is 25.8 Å². The Morgan fingerprint density at radius 1 is 1.23 bits per heavy atom.